The molecule has 0 aliphatic carbocycles. The van der Waals surface area contributed by atoms with Gasteiger partial charge in [0.05, 0.1) is 16.5 Å². The van der Waals surface area contributed by atoms with Gasteiger partial charge in [0.1, 0.15) is 0 Å². The first-order valence-electron chi connectivity index (χ1n) is 6.22. The predicted octanol–water partition coefficient (Wildman–Crippen LogP) is 0.931. The number of nitrogens with one attached hydrogen (secondary N) is 1. The zero-order valence-corrected chi connectivity index (χ0v) is 11.7. The van der Waals surface area contributed by atoms with Crippen LogP contribution >= 0.6 is 0 Å². The quantitative estimate of drug-likeness (QED) is 0.893. The van der Waals surface area contributed by atoms with Gasteiger partial charge in [-0.05, 0) is 44.6 Å². The van der Waals surface area contributed by atoms with Crippen LogP contribution in [0.15, 0.2) is 29.2 Å². The summed E-state index contributed by atoms with van der Waals surface area (Å²) in [5, 5.41) is 8.81. The summed E-state index contributed by atoms with van der Waals surface area (Å²) in [6, 6.07) is 7.97. The van der Waals surface area contributed by atoms with Crippen molar-refractivity contribution >= 4 is 10.0 Å². The molecule has 1 N–H and O–H groups in total. The minimum absolute atomic E-state index is 0.0607. The zero-order valence-electron chi connectivity index (χ0n) is 10.8. The van der Waals surface area contributed by atoms with Crippen molar-refractivity contribution in [3.05, 3.63) is 29.8 Å². The van der Waals surface area contributed by atoms with E-state index >= 15 is 0 Å². The van der Waals surface area contributed by atoms with Crippen LogP contribution in [0.5, 0.6) is 0 Å². The Kier molecular flexibility index (Phi) is 4.20. The van der Waals surface area contributed by atoms with E-state index < -0.39 is 10.0 Å². The summed E-state index contributed by atoms with van der Waals surface area (Å²) in [4.78, 5) is 2.27. The lowest BCUT2D eigenvalue weighted by Crippen LogP contribution is -2.46. The summed E-state index contributed by atoms with van der Waals surface area (Å²) in [6.45, 7) is 1.72. The first kappa shape index (κ1) is 14.0. The van der Waals surface area contributed by atoms with Crippen molar-refractivity contribution in [2.75, 3.05) is 20.1 Å². The molecule has 1 atom stereocenters. The number of hydrogen-bond acceptors (Lipinski definition) is 4. The van der Waals surface area contributed by atoms with Gasteiger partial charge in [0.15, 0.2) is 0 Å². The number of hydrogen-bond donors (Lipinski definition) is 1. The van der Waals surface area contributed by atoms with Gasteiger partial charge < -0.3 is 4.90 Å². The first-order chi connectivity index (χ1) is 9.01. The van der Waals surface area contributed by atoms with Crippen LogP contribution in [0, 0.1) is 11.3 Å². The third kappa shape index (κ3) is 3.53. The Morgan fingerprint density at radius 2 is 2.26 bits per heavy atom. The maximum absolute atomic E-state index is 12.2. The van der Waals surface area contributed by atoms with Crippen LogP contribution in [0.4, 0.5) is 0 Å². The van der Waals surface area contributed by atoms with E-state index in [1.165, 1.54) is 12.1 Å². The van der Waals surface area contributed by atoms with Crippen LogP contribution in [0.25, 0.3) is 0 Å². The van der Waals surface area contributed by atoms with E-state index in [0.29, 0.717) is 5.56 Å². The third-order valence-electron chi connectivity index (χ3n) is 3.22. The topological polar surface area (TPSA) is 73.2 Å². The molecule has 1 aromatic rings. The second kappa shape index (κ2) is 5.70. The van der Waals surface area contributed by atoms with Crippen molar-refractivity contribution in [2.45, 2.75) is 23.8 Å². The van der Waals surface area contributed by atoms with Gasteiger partial charge in [-0.3, -0.25) is 0 Å². The molecule has 1 unspecified atom stereocenters. The zero-order chi connectivity index (χ0) is 13.9. The Labute approximate surface area is 113 Å². The summed E-state index contributed by atoms with van der Waals surface area (Å²) in [7, 11) is -1.56. The molecule has 0 saturated carbocycles. The second-order valence-electron chi connectivity index (χ2n) is 4.86. The Balaban J connectivity index is 2.15. The van der Waals surface area contributed by atoms with Gasteiger partial charge in [0.25, 0.3) is 0 Å². The fourth-order valence-electron chi connectivity index (χ4n) is 2.28. The fraction of sp³-hybridized carbons (Fsp3) is 0.462. The van der Waals surface area contributed by atoms with Gasteiger partial charge in [-0.15, -0.1) is 0 Å². The highest BCUT2D eigenvalue weighted by Crippen LogP contribution is 2.14. The number of likely N-dealkylation sites (tertiary alicyclic amines) is 1. The first-order valence-corrected chi connectivity index (χ1v) is 7.70. The summed E-state index contributed by atoms with van der Waals surface area (Å²) in [5.74, 6) is 0. The smallest absolute Gasteiger partial charge is 0.240 e. The number of nitriles is 1. The van der Waals surface area contributed by atoms with Crippen LogP contribution in [-0.2, 0) is 10.0 Å². The number of likely N-dealkylation sites (N-methyl/N-ethyl adjacent to an activating group) is 1. The molecule has 1 heterocycles. The number of rotatable bonds is 3. The average molecular weight is 279 g/mol. The van der Waals surface area contributed by atoms with Gasteiger partial charge in [0.2, 0.25) is 10.0 Å². The lowest BCUT2D eigenvalue weighted by molar-refractivity contribution is 0.242. The predicted molar refractivity (Wildman–Crippen MR) is 72.0 cm³/mol. The summed E-state index contributed by atoms with van der Waals surface area (Å²) in [6.07, 6.45) is 1.84. The minimum atomic E-state index is -3.54. The lowest BCUT2D eigenvalue weighted by atomic mass is 10.1. The highest BCUT2D eigenvalue weighted by molar-refractivity contribution is 7.89. The molecule has 0 radical (unpaired) electrons. The van der Waals surface area contributed by atoms with Gasteiger partial charge in [-0.1, -0.05) is 6.07 Å². The van der Waals surface area contributed by atoms with Gasteiger partial charge >= 0.3 is 0 Å². The number of sulfonamides is 1. The van der Waals surface area contributed by atoms with Crippen molar-refractivity contribution in [1.82, 2.24) is 9.62 Å². The Morgan fingerprint density at radius 1 is 1.47 bits per heavy atom. The normalized spacial score (nSPS) is 20.9. The van der Waals surface area contributed by atoms with Gasteiger partial charge in [-0.25, -0.2) is 13.1 Å². The summed E-state index contributed by atoms with van der Waals surface area (Å²) in [5.41, 5.74) is 0.351. The number of benzene rings is 1. The van der Waals surface area contributed by atoms with Crippen molar-refractivity contribution in [1.29, 1.82) is 5.26 Å². The molecule has 1 aliphatic heterocycles. The van der Waals surface area contributed by atoms with E-state index in [1.54, 1.807) is 12.1 Å². The molecular weight excluding hydrogens is 262 g/mol. The molecule has 0 amide bonds. The minimum Gasteiger partial charge on any atom is -0.305 e. The van der Waals surface area contributed by atoms with Gasteiger partial charge in [-0.2, -0.15) is 5.26 Å². The van der Waals surface area contributed by atoms with Crippen LogP contribution in [0.2, 0.25) is 0 Å². The SMILES string of the molecule is CN1CCCC(NS(=O)(=O)c2cccc(C#N)c2)C1. The molecule has 0 spiro atoms. The van der Waals surface area contributed by atoms with Crippen molar-refractivity contribution in [2.24, 2.45) is 0 Å². The van der Waals surface area contributed by atoms with E-state index in [1.807, 2.05) is 13.1 Å². The average Bonchev–Trinajstić information content (AvgIpc) is 2.38. The second-order valence-corrected chi connectivity index (χ2v) is 6.58. The summed E-state index contributed by atoms with van der Waals surface area (Å²) >= 11 is 0. The molecule has 1 aliphatic rings. The van der Waals surface area contributed by atoms with E-state index in [2.05, 4.69) is 9.62 Å². The van der Waals surface area contributed by atoms with Crippen molar-refractivity contribution < 1.29 is 8.42 Å². The van der Waals surface area contributed by atoms with Crippen molar-refractivity contribution in [3.63, 3.8) is 0 Å². The maximum Gasteiger partial charge on any atom is 0.240 e. The molecular formula is C13H17N3O2S. The van der Waals surface area contributed by atoms with Gasteiger partial charge in [0, 0.05) is 12.6 Å². The van der Waals surface area contributed by atoms with Crippen LogP contribution in [0.3, 0.4) is 0 Å². The standard InChI is InChI=1S/C13H17N3O2S/c1-16-7-3-5-12(10-16)15-19(17,18)13-6-2-4-11(8-13)9-14/h2,4,6,8,12,15H,3,5,7,10H2,1H3. The maximum atomic E-state index is 12.2. The van der Waals surface area contributed by atoms with E-state index in [9.17, 15) is 8.42 Å². The Morgan fingerprint density at radius 3 is 2.95 bits per heavy atom. The lowest BCUT2D eigenvalue weighted by Gasteiger charge is -2.29. The Bertz CT molecular complexity index is 592. The molecule has 0 aromatic heterocycles. The molecule has 1 fully saturated rings. The molecule has 102 valence electrons. The molecule has 1 saturated heterocycles. The molecule has 1 aromatic carbocycles. The highest BCUT2D eigenvalue weighted by Gasteiger charge is 2.23. The number of nitrogens with zero attached hydrogens (tertiary/aromatic N) is 2. The molecule has 2 rings (SSSR count). The van der Waals surface area contributed by atoms with E-state index in [4.69, 9.17) is 5.26 Å². The molecule has 19 heavy (non-hydrogen) atoms. The summed E-state index contributed by atoms with van der Waals surface area (Å²) < 4.78 is 27.2. The Hall–Kier alpha value is -1.42. The third-order valence-corrected chi connectivity index (χ3v) is 4.74. The van der Waals surface area contributed by atoms with Crippen molar-refractivity contribution in [3.8, 4) is 6.07 Å². The van der Waals surface area contributed by atoms with E-state index in [0.717, 1.165) is 25.9 Å². The van der Waals surface area contributed by atoms with Crippen LogP contribution in [0.1, 0.15) is 18.4 Å². The van der Waals surface area contributed by atoms with E-state index in [-0.39, 0.29) is 10.9 Å². The monoisotopic (exact) mass is 279 g/mol. The van der Waals surface area contributed by atoms with Crippen LogP contribution < -0.4 is 4.72 Å². The van der Waals surface area contributed by atoms with Crippen LogP contribution in [-0.4, -0.2) is 39.5 Å². The molecule has 0 bridgehead atoms. The molecule has 5 nitrogen and oxygen atoms in total. The number of piperidine rings is 1. The highest BCUT2D eigenvalue weighted by atomic mass is 32.2. The fourth-order valence-corrected chi connectivity index (χ4v) is 3.59. The molecule has 6 heteroatoms. The largest absolute Gasteiger partial charge is 0.305 e.